The Hall–Kier alpha value is -2.76. The fourth-order valence-electron chi connectivity index (χ4n) is 4.71. The summed E-state index contributed by atoms with van der Waals surface area (Å²) in [5, 5.41) is 12.8. The summed E-state index contributed by atoms with van der Waals surface area (Å²) >= 11 is 0. The van der Waals surface area contributed by atoms with Gasteiger partial charge >= 0.3 is 6.09 Å². The van der Waals surface area contributed by atoms with Crippen LogP contribution in [-0.2, 0) is 17.9 Å². The van der Waals surface area contributed by atoms with Crippen LogP contribution in [0, 0.1) is 5.82 Å². The van der Waals surface area contributed by atoms with E-state index < -0.39 is 14.2 Å². The fraction of sp³-hybridized carbons (Fsp3) is 0.593. The normalized spacial score (nSPS) is 19.6. The van der Waals surface area contributed by atoms with Crippen LogP contribution in [0.1, 0.15) is 30.0 Å². The van der Waals surface area contributed by atoms with Crippen molar-refractivity contribution in [2.75, 3.05) is 44.2 Å². The minimum absolute atomic E-state index is 0.181. The second-order valence-electron chi connectivity index (χ2n) is 11.5. The zero-order valence-corrected chi connectivity index (χ0v) is 23.7. The van der Waals surface area contributed by atoms with Crippen LogP contribution in [0.4, 0.5) is 15.0 Å². The van der Waals surface area contributed by atoms with Gasteiger partial charge in [0.25, 0.3) is 5.56 Å². The zero-order valence-electron chi connectivity index (χ0n) is 22.7. The Morgan fingerprint density at radius 1 is 1.18 bits per heavy atom. The predicted molar refractivity (Wildman–Crippen MR) is 148 cm³/mol. The number of amides is 1. The third-order valence-corrected chi connectivity index (χ3v) is 8.89. The molecule has 1 aliphatic heterocycles. The average molecular weight is 546 g/mol. The summed E-state index contributed by atoms with van der Waals surface area (Å²) in [7, 11) is -1.24. The molecule has 1 saturated carbocycles. The fourth-order valence-corrected chi connectivity index (χ4v) is 5.47. The molecule has 2 heterocycles. The van der Waals surface area contributed by atoms with Crippen molar-refractivity contribution in [2.45, 2.75) is 63.6 Å². The van der Waals surface area contributed by atoms with Crippen LogP contribution in [0.15, 0.2) is 35.3 Å². The highest BCUT2D eigenvalue weighted by molar-refractivity contribution is 6.76. The van der Waals surface area contributed by atoms with Gasteiger partial charge in [0.05, 0.1) is 5.69 Å². The third-order valence-electron chi connectivity index (χ3n) is 7.19. The average Bonchev–Trinajstić information content (AvgIpc) is 3.65. The van der Waals surface area contributed by atoms with Crippen LogP contribution in [-0.4, -0.2) is 79.1 Å². The molecular weight excluding hydrogens is 505 g/mol. The molecule has 0 bridgehead atoms. The Morgan fingerprint density at radius 2 is 1.89 bits per heavy atom. The molecule has 2 N–H and O–H groups in total. The molecule has 1 saturated heterocycles. The van der Waals surface area contributed by atoms with Gasteiger partial charge in [0, 0.05) is 59.0 Å². The lowest BCUT2D eigenvalue weighted by molar-refractivity contribution is 0.0844. The molecule has 11 heteroatoms. The standard InChI is InChI=1S/C27H40FN5O4Si/c1-38(2,3)16-15-37-19-33-18-22(30-25(26(33)34)31-11-13-32(14-12-31)27(35)36)5-4-10-29-24-17-23(24)20-6-8-21(28)9-7-20/h6-9,18,23-24,29H,4-5,10-17,19H2,1-3H3,(H,35,36)/t23-,24+/m0/s1. The van der Waals surface area contributed by atoms with Gasteiger partial charge in [-0.05, 0) is 49.5 Å². The van der Waals surface area contributed by atoms with Gasteiger partial charge in [0.1, 0.15) is 12.5 Å². The van der Waals surface area contributed by atoms with Crippen LogP contribution in [0.5, 0.6) is 0 Å². The van der Waals surface area contributed by atoms with Crippen molar-refractivity contribution in [3.63, 3.8) is 0 Å². The van der Waals surface area contributed by atoms with Crippen molar-refractivity contribution in [1.29, 1.82) is 0 Å². The number of halogens is 1. The number of carbonyl (C=O) groups is 1. The summed E-state index contributed by atoms with van der Waals surface area (Å²) in [5.74, 6) is 0.588. The number of rotatable bonds is 12. The maximum atomic E-state index is 13.3. The number of ether oxygens (including phenoxy) is 1. The lowest BCUT2D eigenvalue weighted by Crippen LogP contribution is -2.50. The molecular formula is C27H40FN5O4Si. The third kappa shape index (κ3) is 7.87. The maximum Gasteiger partial charge on any atom is 0.407 e. The molecule has 1 aliphatic carbocycles. The van der Waals surface area contributed by atoms with E-state index in [-0.39, 0.29) is 18.1 Å². The number of nitrogens with one attached hydrogen (secondary N) is 1. The first-order chi connectivity index (χ1) is 18.1. The number of benzene rings is 1. The van der Waals surface area contributed by atoms with Crippen molar-refractivity contribution in [3.8, 4) is 0 Å². The van der Waals surface area contributed by atoms with Crippen molar-refractivity contribution in [3.05, 3.63) is 57.9 Å². The molecule has 1 aromatic heterocycles. The summed E-state index contributed by atoms with van der Waals surface area (Å²) in [6.07, 6.45) is 3.48. The van der Waals surface area contributed by atoms with E-state index in [1.54, 1.807) is 10.8 Å². The first-order valence-electron chi connectivity index (χ1n) is 13.5. The largest absolute Gasteiger partial charge is 0.465 e. The Labute approximate surface area is 224 Å². The van der Waals surface area contributed by atoms with Crippen LogP contribution in [0.3, 0.4) is 0 Å². The first kappa shape index (κ1) is 28.3. The Balaban J connectivity index is 1.36. The number of nitrogens with zero attached hydrogens (tertiary/aromatic N) is 4. The molecule has 4 rings (SSSR count). The van der Waals surface area contributed by atoms with Gasteiger partial charge in [-0.15, -0.1) is 0 Å². The van der Waals surface area contributed by atoms with E-state index in [0.29, 0.717) is 57.0 Å². The summed E-state index contributed by atoms with van der Waals surface area (Å²) in [5.41, 5.74) is 1.78. The number of piperazine rings is 1. The molecule has 2 atom stereocenters. The number of carboxylic acid groups (broad SMARTS) is 1. The zero-order chi connectivity index (χ0) is 27.3. The molecule has 2 aromatic rings. The quantitative estimate of drug-likeness (QED) is 0.311. The molecule has 1 aromatic carbocycles. The lowest BCUT2D eigenvalue weighted by Gasteiger charge is -2.33. The summed E-state index contributed by atoms with van der Waals surface area (Å²) in [6, 6.07) is 8.17. The smallest absolute Gasteiger partial charge is 0.407 e. The van der Waals surface area contributed by atoms with Crippen molar-refractivity contribution in [2.24, 2.45) is 0 Å². The number of aromatic nitrogens is 2. The van der Waals surface area contributed by atoms with Crippen LogP contribution in [0.2, 0.25) is 25.7 Å². The predicted octanol–water partition coefficient (Wildman–Crippen LogP) is 3.57. The van der Waals surface area contributed by atoms with E-state index in [1.807, 2.05) is 17.0 Å². The topological polar surface area (TPSA) is 99.9 Å². The van der Waals surface area contributed by atoms with E-state index in [1.165, 1.54) is 22.6 Å². The molecule has 0 unspecified atom stereocenters. The molecule has 2 fully saturated rings. The highest BCUT2D eigenvalue weighted by Crippen LogP contribution is 2.40. The molecule has 2 aliphatic rings. The molecule has 38 heavy (non-hydrogen) atoms. The van der Waals surface area contributed by atoms with E-state index in [4.69, 9.17) is 9.72 Å². The van der Waals surface area contributed by atoms with Gasteiger partial charge in [-0.25, -0.2) is 14.2 Å². The summed E-state index contributed by atoms with van der Waals surface area (Å²) in [4.78, 5) is 32.5. The van der Waals surface area contributed by atoms with Crippen LogP contribution < -0.4 is 15.8 Å². The van der Waals surface area contributed by atoms with E-state index in [9.17, 15) is 19.1 Å². The molecule has 0 radical (unpaired) electrons. The van der Waals surface area contributed by atoms with Crippen molar-refractivity contribution in [1.82, 2.24) is 19.8 Å². The molecule has 0 spiro atoms. The maximum absolute atomic E-state index is 13.3. The molecule has 1 amide bonds. The summed E-state index contributed by atoms with van der Waals surface area (Å²) < 4.78 is 20.7. The van der Waals surface area contributed by atoms with Gasteiger partial charge in [0.15, 0.2) is 5.82 Å². The van der Waals surface area contributed by atoms with Crippen molar-refractivity contribution >= 4 is 20.0 Å². The van der Waals surface area contributed by atoms with Gasteiger partial charge < -0.3 is 25.0 Å². The van der Waals surface area contributed by atoms with E-state index in [0.717, 1.165) is 31.1 Å². The van der Waals surface area contributed by atoms with Crippen LogP contribution >= 0.6 is 0 Å². The second-order valence-corrected chi connectivity index (χ2v) is 17.1. The SMILES string of the molecule is C[Si](C)(C)CCOCn1cc(CCCN[C@@H]2C[C@H]2c2ccc(F)cc2)nc(N2CCN(C(=O)O)CC2)c1=O. The van der Waals surface area contributed by atoms with Gasteiger partial charge in [-0.1, -0.05) is 31.8 Å². The van der Waals surface area contributed by atoms with Crippen molar-refractivity contribution < 1.29 is 19.0 Å². The number of anilines is 1. The second kappa shape index (κ2) is 12.4. The van der Waals surface area contributed by atoms with E-state index in [2.05, 4.69) is 25.0 Å². The Kier molecular flexibility index (Phi) is 9.22. The first-order valence-corrected chi connectivity index (χ1v) is 17.2. The highest BCUT2D eigenvalue weighted by atomic mass is 28.3. The van der Waals surface area contributed by atoms with Gasteiger partial charge in [-0.3, -0.25) is 9.36 Å². The monoisotopic (exact) mass is 545 g/mol. The van der Waals surface area contributed by atoms with Gasteiger partial charge in [-0.2, -0.15) is 0 Å². The molecule has 9 nitrogen and oxygen atoms in total. The molecule has 208 valence electrons. The van der Waals surface area contributed by atoms with E-state index >= 15 is 0 Å². The number of aryl methyl sites for hydroxylation is 1. The Bertz CT molecular complexity index is 1150. The van der Waals surface area contributed by atoms with Gasteiger partial charge in [0.2, 0.25) is 0 Å². The summed E-state index contributed by atoms with van der Waals surface area (Å²) in [6.45, 7) is 10.0. The Morgan fingerprint density at radius 3 is 2.55 bits per heavy atom. The minimum atomic E-state index is -1.24. The van der Waals surface area contributed by atoms with Crippen LogP contribution in [0.25, 0.3) is 0 Å². The minimum Gasteiger partial charge on any atom is -0.465 e. The highest BCUT2D eigenvalue weighted by Gasteiger charge is 2.37. The number of hydrogen-bond donors (Lipinski definition) is 2. The lowest BCUT2D eigenvalue weighted by atomic mass is 10.1. The number of hydrogen-bond acceptors (Lipinski definition) is 6.